The van der Waals surface area contributed by atoms with Crippen LogP contribution < -0.4 is 4.74 Å². The number of hydrogen-bond acceptors (Lipinski definition) is 3. The number of nitrogens with zero attached hydrogens (tertiary/aromatic N) is 1. The lowest BCUT2D eigenvalue weighted by Gasteiger charge is -2.29. The van der Waals surface area contributed by atoms with Crippen molar-refractivity contribution in [2.45, 2.75) is 13.0 Å². The van der Waals surface area contributed by atoms with E-state index in [-0.39, 0.29) is 6.10 Å². The summed E-state index contributed by atoms with van der Waals surface area (Å²) in [4.78, 5) is 2.27. The third-order valence-corrected chi connectivity index (χ3v) is 2.77. The molecule has 1 aliphatic rings. The Hall–Kier alpha value is -1.06. The lowest BCUT2D eigenvalue weighted by molar-refractivity contribution is -0.0403. The monoisotopic (exact) mass is 221 g/mol. The topological polar surface area (TPSA) is 21.7 Å². The Bertz CT molecular complexity index is 340. The van der Waals surface area contributed by atoms with Gasteiger partial charge >= 0.3 is 0 Å². The minimum atomic E-state index is 0.194. The number of benzene rings is 1. The fourth-order valence-corrected chi connectivity index (χ4v) is 1.86. The van der Waals surface area contributed by atoms with Gasteiger partial charge in [-0.1, -0.05) is 12.1 Å². The molecule has 0 N–H and O–H groups in total. The molecule has 1 aromatic carbocycles. The van der Waals surface area contributed by atoms with E-state index in [0.29, 0.717) is 6.61 Å². The van der Waals surface area contributed by atoms with Gasteiger partial charge in [0, 0.05) is 13.1 Å². The van der Waals surface area contributed by atoms with E-state index in [1.165, 1.54) is 5.56 Å². The van der Waals surface area contributed by atoms with Crippen LogP contribution in [0.1, 0.15) is 5.56 Å². The second-order valence-electron chi connectivity index (χ2n) is 4.38. The number of likely N-dealkylation sites (N-methyl/N-ethyl adjacent to an activating group) is 1. The van der Waals surface area contributed by atoms with Gasteiger partial charge < -0.3 is 14.4 Å². The Morgan fingerprint density at radius 2 is 2.38 bits per heavy atom. The van der Waals surface area contributed by atoms with Crippen LogP contribution >= 0.6 is 0 Å². The lowest BCUT2D eigenvalue weighted by atomic mass is 10.2. The first-order valence-electron chi connectivity index (χ1n) is 5.73. The number of morpholine rings is 1. The van der Waals surface area contributed by atoms with Gasteiger partial charge in [0.1, 0.15) is 18.5 Å². The number of ether oxygens (including phenoxy) is 2. The fourth-order valence-electron chi connectivity index (χ4n) is 1.86. The predicted octanol–water partition coefficient (Wildman–Crippen LogP) is 1.70. The molecule has 0 radical (unpaired) electrons. The van der Waals surface area contributed by atoms with Crippen LogP contribution in [0.5, 0.6) is 5.75 Å². The first-order valence-corrected chi connectivity index (χ1v) is 5.73. The number of hydrogen-bond donors (Lipinski definition) is 0. The molecule has 3 nitrogen and oxygen atoms in total. The van der Waals surface area contributed by atoms with Crippen LogP contribution in [0.2, 0.25) is 0 Å². The van der Waals surface area contributed by atoms with Crippen LogP contribution in [0, 0.1) is 6.92 Å². The first-order chi connectivity index (χ1) is 7.74. The SMILES string of the molecule is Cc1cccc(OCC2CN(C)CCO2)c1. The molecule has 88 valence electrons. The van der Waals surface area contributed by atoms with Crippen LogP contribution in [0.3, 0.4) is 0 Å². The molecule has 0 bridgehead atoms. The molecule has 16 heavy (non-hydrogen) atoms. The van der Waals surface area contributed by atoms with Crippen molar-refractivity contribution in [3.05, 3.63) is 29.8 Å². The van der Waals surface area contributed by atoms with E-state index in [1.54, 1.807) is 0 Å². The van der Waals surface area contributed by atoms with Crippen molar-refractivity contribution in [1.82, 2.24) is 4.90 Å². The summed E-state index contributed by atoms with van der Waals surface area (Å²) in [5, 5.41) is 0. The lowest BCUT2D eigenvalue weighted by Crippen LogP contribution is -2.42. The first kappa shape index (κ1) is 11.4. The molecular formula is C13H19NO2. The maximum absolute atomic E-state index is 5.72. The van der Waals surface area contributed by atoms with Crippen molar-refractivity contribution in [3.8, 4) is 5.75 Å². The highest BCUT2D eigenvalue weighted by molar-refractivity contribution is 5.27. The second kappa shape index (κ2) is 5.32. The van der Waals surface area contributed by atoms with Gasteiger partial charge in [-0.2, -0.15) is 0 Å². The molecule has 1 aliphatic heterocycles. The van der Waals surface area contributed by atoms with E-state index in [0.717, 1.165) is 25.4 Å². The maximum Gasteiger partial charge on any atom is 0.119 e. The highest BCUT2D eigenvalue weighted by atomic mass is 16.5. The van der Waals surface area contributed by atoms with E-state index in [9.17, 15) is 0 Å². The van der Waals surface area contributed by atoms with Crippen LogP contribution in [0.4, 0.5) is 0 Å². The third-order valence-electron chi connectivity index (χ3n) is 2.77. The summed E-state index contributed by atoms with van der Waals surface area (Å²) in [6.07, 6.45) is 0.194. The standard InChI is InChI=1S/C13H19NO2/c1-11-4-3-5-12(8-11)16-10-13-9-14(2)6-7-15-13/h3-5,8,13H,6-7,9-10H2,1-2H3. The van der Waals surface area contributed by atoms with Gasteiger partial charge in [0.15, 0.2) is 0 Å². The number of rotatable bonds is 3. The normalized spacial score (nSPS) is 22.0. The Morgan fingerprint density at radius 3 is 3.12 bits per heavy atom. The van der Waals surface area contributed by atoms with Crippen LogP contribution in [0.25, 0.3) is 0 Å². The summed E-state index contributed by atoms with van der Waals surface area (Å²) in [5.41, 5.74) is 1.22. The van der Waals surface area contributed by atoms with Gasteiger partial charge in [-0.25, -0.2) is 0 Å². The zero-order valence-corrected chi connectivity index (χ0v) is 9.98. The van der Waals surface area contributed by atoms with Crippen molar-refractivity contribution in [3.63, 3.8) is 0 Å². The average Bonchev–Trinajstić information content (AvgIpc) is 2.27. The van der Waals surface area contributed by atoms with Gasteiger partial charge in [0.05, 0.1) is 6.61 Å². The summed E-state index contributed by atoms with van der Waals surface area (Å²) in [5.74, 6) is 0.928. The molecule has 0 spiro atoms. The smallest absolute Gasteiger partial charge is 0.119 e. The van der Waals surface area contributed by atoms with Crippen LogP contribution in [0.15, 0.2) is 24.3 Å². The molecule has 0 saturated carbocycles. The van der Waals surface area contributed by atoms with Gasteiger partial charge in [0.25, 0.3) is 0 Å². The van der Waals surface area contributed by atoms with E-state index in [4.69, 9.17) is 9.47 Å². The highest BCUT2D eigenvalue weighted by Crippen LogP contribution is 2.13. The van der Waals surface area contributed by atoms with Crippen molar-refractivity contribution >= 4 is 0 Å². The molecule has 1 fully saturated rings. The van der Waals surface area contributed by atoms with Crippen molar-refractivity contribution < 1.29 is 9.47 Å². The number of aryl methyl sites for hydroxylation is 1. The average molecular weight is 221 g/mol. The minimum absolute atomic E-state index is 0.194. The molecule has 1 aromatic rings. The molecule has 2 rings (SSSR count). The van der Waals surface area contributed by atoms with Gasteiger partial charge in [-0.15, -0.1) is 0 Å². The van der Waals surface area contributed by atoms with Crippen molar-refractivity contribution in [1.29, 1.82) is 0 Å². The Kier molecular flexibility index (Phi) is 3.80. The maximum atomic E-state index is 5.72. The van der Waals surface area contributed by atoms with Crippen LogP contribution in [-0.4, -0.2) is 44.4 Å². The molecule has 1 saturated heterocycles. The van der Waals surface area contributed by atoms with E-state index in [1.807, 2.05) is 18.2 Å². The zero-order chi connectivity index (χ0) is 11.4. The second-order valence-corrected chi connectivity index (χ2v) is 4.38. The Labute approximate surface area is 97.0 Å². The minimum Gasteiger partial charge on any atom is -0.491 e. The molecular weight excluding hydrogens is 202 g/mol. The fraction of sp³-hybridized carbons (Fsp3) is 0.538. The third kappa shape index (κ3) is 3.22. The van der Waals surface area contributed by atoms with Gasteiger partial charge in [-0.05, 0) is 31.7 Å². The molecule has 0 amide bonds. The summed E-state index contributed by atoms with van der Waals surface area (Å²) in [7, 11) is 2.11. The Balaban J connectivity index is 1.82. The summed E-state index contributed by atoms with van der Waals surface area (Å²) < 4.78 is 11.4. The zero-order valence-electron chi connectivity index (χ0n) is 9.98. The molecule has 0 aliphatic carbocycles. The van der Waals surface area contributed by atoms with E-state index >= 15 is 0 Å². The molecule has 3 heteroatoms. The predicted molar refractivity (Wildman–Crippen MR) is 63.9 cm³/mol. The van der Waals surface area contributed by atoms with Gasteiger partial charge in [-0.3, -0.25) is 0 Å². The molecule has 1 unspecified atom stereocenters. The van der Waals surface area contributed by atoms with Crippen molar-refractivity contribution in [2.75, 3.05) is 33.4 Å². The Morgan fingerprint density at radius 1 is 1.50 bits per heavy atom. The molecule has 1 heterocycles. The van der Waals surface area contributed by atoms with Crippen molar-refractivity contribution in [2.24, 2.45) is 0 Å². The molecule has 1 atom stereocenters. The summed E-state index contributed by atoms with van der Waals surface area (Å²) >= 11 is 0. The quantitative estimate of drug-likeness (QED) is 0.775. The largest absolute Gasteiger partial charge is 0.491 e. The summed E-state index contributed by atoms with van der Waals surface area (Å²) in [6, 6.07) is 8.11. The van der Waals surface area contributed by atoms with Gasteiger partial charge in [0.2, 0.25) is 0 Å². The van der Waals surface area contributed by atoms with Crippen LogP contribution in [-0.2, 0) is 4.74 Å². The highest BCUT2D eigenvalue weighted by Gasteiger charge is 2.17. The molecule has 0 aromatic heterocycles. The summed E-state index contributed by atoms with van der Waals surface area (Å²) in [6.45, 7) is 5.47. The van der Waals surface area contributed by atoms with E-state index < -0.39 is 0 Å². The van der Waals surface area contributed by atoms with E-state index in [2.05, 4.69) is 24.9 Å².